The van der Waals surface area contributed by atoms with Crippen molar-refractivity contribution in [1.82, 2.24) is 4.31 Å². The normalized spacial score (nSPS) is 18.0. The van der Waals surface area contributed by atoms with Crippen molar-refractivity contribution in [1.29, 1.82) is 0 Å². The lowest BCUT2D eigenvalue weighted by Gasteiger charge is -2.34. The van der Waals surface area contributed by atoms with Gasteiger partial charge in [-0.3, -0.25) is 4.79 Å². The maximum atomic E-state index is 12.9. The Morgan fingerprint density at radius 1 is 1.08 bits per heavy atom. The van der Waals surface area contributed by atoms with E-state index < -0.39 is 22.0 Å². The second-order valence-corrected chi connectivity index (χ2v) is 7.72. The van der Waals surface area contributed by atoms with E-state index >= 15 is 0 Å². The van der Waals surface area contributed by atoms with E-state index in [0.717, 1.165) is 11.1 Å². The Bertz CT molecular complexity index is 833. The van der Waals surface area contributed by atoms with Gasteiger partial charge in [-0.1, -0.05) is 54.6 Å². The molecule has 0 aliphatic carbocycles. The third kappa shape index (κ3) is 3.34. The Morgan fingerprint density at radius 3 is 2.38 bits per heavy atom. The predicted molar refractivity (Wildman–Crippen MR) is 90.6 cm³/mol. The summed E-state index contributed by atoms with van der Waals surface area (Å²) >= 11 is 0. The molecule has 0 amide bonds. The molecular weight excluding hydrogens is 326 g/mol. The molecule has 0 spiro atoms. The number of fused-ring (bicyclic) bond motifs is 1. The summed E-state index contributed by atoms with van der Waals surface area (Å²) in [4.78, 5) is 12.2. The Morgan fingerprint density at radius 2 is 1.71 bits per heavy atom. The topological polar surface area (TPSA) is 63.7 Å². The quantitative estimate of drug-likeness (QED) is 0.796. The average molecular weight is 345 g/mol. The SMILES string of the molecule is COC(=O)C1Cc2ccccc2CN1S(=O)(=O)Cc1ccccc1. The second kappa shape index (κ2) is 6.75. The van der Waals surface area contributed by atoms with Gasteiger partial charge in [0.25, 0.3) is 0 Å². The van der Waals surface area contributed by atoms with Crippen molar-refractivity contribution in [3.63, 3.8) is 0 Å². The minimum absolute atomic E-state index is 0.135. The first kappa shape index (κ1) is 16.7. The first-order valence-corrected chi connectivity index (χ1v) is 9.30. The summed E-state index contributed by atoms with van der Waals surface area (Å²) in [5.74, 6) is -0.662. The van der Waals surface area contributed by atoms with Crippen LogP contribution in [0.4, 0.5) is 0 Å². The van der Waals surface area contributed by atoms with Crippen LogP contribution in [0, 0.1) is 0 Å². The molecule has 0 aromatic heterocycles. The summed E-state index contributed by atoms with van der Waals surface area (Å²) in [6, 6.07) is 15.7. The van der Waals surface area contributed by atoms with Crippen molar-refractivity contribution in [3.05, 3.63) is 71.3 Å². The fourth-order valence-corrected chi connectivity index (χ4v) is 4.66. The van der Waals surface area contributed by atoms with Crippen LogP contribution >= 0.6 is 0 Å². The van der Waals surface area contributed by atoms with E-state index in [-0.39, 0.29) is 12.3 Å². The zero-order valence-corrected chi connectivity index (χ0v) is 14.2. The molecule has 126 valence electrons. The van der Waals surface area contributed by atoms with Gasteiger partial charge in [-0.25, -0.2) is 8.42 Å². The van der Waals surface area contributed by atoms with Crippen molar-refractivity contribution < 1.29 is 17.9 Å². The van der Waals surface area contributed by atoms with E-state index in [0.29, 0.717) is 12.0 Å². The third-order valence-electron chi connectivity index (χ3n) is 4.23. The van der Waals surface area contributed by atoms with Crippen LogP contribution in [-0.2, 0) is 38.3 Å². The van der Waals surface area contributed by atoms with Gasteiger partial charge in [0.15, 0.2) is 0 Å². The number of hydrogen-bond donors (Lipinski definition) is 0. The maximum absolute atomic E-state index is 12.9. The maximum Gasteiger partial charge on any atom is 0.324 e. The molecule has 1 unspecified atom stereocenters. The molecule has 6 heteroatoms. The molecule has 1 aliphatic rings. The molecule has 5 nitrogen and oxygen atoms in total. The number of rotatable bonds is 4. The Hall–Kier alpha value is -2.18. The number of carbonyl (C=O) groups is 1. The number of benzene rings is 2. The van der Waals surface area contributed by atoms with Crippen LogP contribution in [-0.4, -0.2) is 31.8 Å². The zero-order chi connectivity index (χ0) is 17.2. The highest BCUT2D eigenvalue weighted by Gasteiger charge is 2.39. The standard InChI is InChI=1S/C18H19NO4S/c1-23-18(20)17-11-15-9-5-6-10-16(15)12-19(17)24(21,22)13-14-7-3-2-4-8-14/h2-10,17H,11-13H2,1H3. The lowest BCUT2D eigenvalue weighted by atomic mass is 9.96. The van der Waals surface area contributed by atoms with Crippen LogP contribution in [0.25, 0.3) is 0 Å². The van der Waals surface area contributed by atoms with Crippen LogP contribution in [0.2, 0.25) is 0 Å². The van der Waals surface area contributed by atoms with Crippen LogP contribution in [0.5, 0.6) is 0 Å². The monoisotopic (exact) mass is 345 g/mol. The van der Waals surface area contributed by atoms with Crippen molar-refractivity contribution in [3.8, 4) is 0 Å². The minimum Gasteiger partial charge on any atom is -0.468 e. The van der Waals surface area contributed by atoms with Crippen LogP contribution in [0.3, 0.4) is 0 Å². The van der Waals surface area contributed by atoms with Crippen LogP contribution < -0.4 is 0 Å². The number of methoxy groups -OCH3 is 1. The molecule has 0 bridgehead atoms. The number of sulfonamides is 1. The second-order valence-electron chi connectivity index (χ2n) is 5.80. The molecule has 0 saturated carbocycles. The van der Waals surface area contributed by atoms with E-state index in [1.807, 2.05) is 30.3 Å². The zero-order valence-electron chi connectivity index (χ0n) is 13.4. The molecular formula is C18H19NO4S. The summed E-state index contributed by atoms with van der Waals surface area (Å²) in [7, 11) is -2.37. The number of hydrogen-bond acceptors (Lipinski definition) is 4. The van der Waals surface area contributed by atoms with Crippen LogP contribution in [0.1, 0.15) is 16.7 Å². The van der Waals surface area contributed by atoms with Gasteiger partial charge in [0.05, 0.1) is 12.9 Å². The highest BCUT2D eigenvalue weighted by molar-refractivity contribution is 7.88. The van der Waals surface area contributed by atoms with Crippen molar-refractivity contribution in [2.24, 2.45) is 0 Å². The Balaban J connectivity index is 1.95. The first-order chi connectivity index (χ1) is 11.5. The number of ether oxygens (including phenoxy) is 1. The van der Waals surface area contributed by atoms with Gasteiger partial charge in [0.2, 0.25) is 10.0 Å². The molecule has 3 rings (SSSR count). The van der Waals surface area contributed by atoms with E-state index in [1.54, 1.807) is 24.3 Å². The first-order valence-electron chi connectivity index (χ1n) is 7.69. The highest BCUT2D eigenvalue weighted by Crippen LogP contribution is 2.28. The van der Waals surface area contributed by atoms with Crippen molar-refractivity contribution >= 4 is 16.0 Å². The average Bonchev–Trinajstić information content (AvgIpc) is 2.60. The summed E-state index contributed by atoms with van der Waals surface area (Å²) < 4.78 is 31.9. The lowest BCUT2D eigenvalue weighted by molar-refractivity contribution is -0.145. The predicted octanol–water partition coefficient (Wildman–Crippen LogP) is 2.12. The van der Waals surface area contributed by atoms with E-state index in [9.17, 15) is 13.2 Å². The van der Waals surface area contributed by atoms with Gasteiger partial charge in [-0.05, 0) is 16.7 Å². The van der Waals surface area contributed by atoms with Gasteiger partial charge in [-0.15, -0.1) is 0 Å². The molecule has 1 heterocycles. The summed E-state index contributed by atoms with van der Waals surface area (Å²) in [5, 5.41) is 0. The van der Waals surface area contributed by atoms with Crippen molar-refractivity contribution in [2.75, 3.05) is 7.11 Å². The van der Waals surface area contributed by atoms with E-state index in [2.05, 4.69) is 0 Å². The molecule has 0 N–H and O–H groups in total. The molecule has 0 fully saturated rings. The number of carbonyl (C=O) groups excluding carboxylic acids is 1. The van der Waals surface area contributed by atoms with Crippen LogP contribution in [0.15, 0.2) is 54.6 Å². The molecule has 0 radical (unpaired) electrons. The van der Waals surface area contributed by atoms with Gasteiger partial charge in [0, 0.05) is 13.0 Å². The molecule has 2 aromatic carbocycles. The molecule has 24 heavy (non-hydrogen) atoms. The number of nitrogens with zero attached hydrogens (tertiary/aromatic N) is 1. The van der Waals surface area contributed by atoms with E-state index in [4.69, 9.17) is 4.74 Å². The van der Waals surface area contributed by atoms with Crippen molar-refractivity contribution in [2.45, 2.75) is 24.8 Å². The molecule has 2 aromatic rings. The fraction of sp³-hybridized carbons (Fsp3) is 0.278. The Labute approximate surface area is 141 Å². The summed E-state index contributed by atoms with van der Waals surface area (Å²) in [6.45, 7) is 0.186. The molecule has 0 saturated heterocycles. The fourth-order valence-electron chi connectivity index (χ4n) is 3.00. The van der Waals surface area contributed by atoms with Gasteiger partial charge < -0.3 is 4.74 Å². The van der Waals surface area contributed by atoms with Gasteiger partial charge in [0.1, 0.15) is 6.04 Å². The minimum atomic E-state index is -3.65. The Kier molecular flexibility index (Phi) is 4.69. The smallest absolute Gasteiger partial charge is 0.324 e. The van der Waals surface area contributed by atoms with Gasteiger partial charge >= 0.3 is 5.97 Å². The van der Waals surface area contributed by atoms with Gasteiger partial charge in [-0.2, -0.15) is 4.31 Å². The molecule has 1 aliphatic heterocycles. The summed E-state index contributed by atoms with van der Waals surface area (Å²) in [6.07, 6.45) is 0.330. The van der Waals surface area contributed by atoms with E-state index in [1.165, 1.54) is 11.4 Å². The number of esters is 1. The highest BCUT2D eigenvalue weighted by atomic mass is 32.2. The summed E-state index contributed by atoms with van der Waals surface area (Å²) in [5.41, 5.74) is 2.60. The lowest BCUT2D eigenvalue weighted by Crippen LogP contribution is -2.49. The third-order valence-corrected chi connectivity index (χ3v) is 6.02. The molecule has 1 atom stereocenters. The largest absolute Gasteiger partial charge is 0.468 e.